The highest BCUT2D eigenvalue weighted by molar-refractivity contribution is 4.30. The molecule has 0 aromatic rings. The summed E-state index contributed by atoms with van der Waals surface area (Å²) >= 11 is 0. The topological polar surface area (TPSA) is 44.0 Å². The monoisotopic (exact) mass is 58.0 g/mol. The molecule has 0 heterocycles. The lowest BCUT2D eigenvalue weighted by molar-refractivity contribution is 0.503. The maximum Gasteiger partial charge on any atom is 0.283 e. The number of rotatable bonds is 0. The Balaban J connectivity index is 0. The van der Waals surface area contributed by atoms with Crippen molar-refractivity contribution in [3.05, 3.63) is 7.43 Å². The smallest absolute Gasteiger partial charge is 0.283 e. The second-order valence-corrected chi connectivity index (χ2v) is 0.100. The van der Waals surface area contributed by atoms with Gasteiger partial charge in [0.15, 0.2) is 0 Å². The fourth-order valence-electron chi connectivity index (χ4n) is 0. The molecule has 0 fully saturated rings. The molecule has 1 N–H and O–H groups in total. The third kappa shape index (κ3) is 0.215. The summed E-state index contributed by atoms with van der Waals surface area (Å²) in [5.41, 5.74) is 0. The Labute approximate surface area is 25.3 Å². The van der Waals surface area contributed by atoms with Crippen molar-refractivity contribution in [3.63, 3.8) is 0 Å². The van der Waals surface area contributed by atoms with Gasteiger partial charge in [0.25, 0.3) is 6.26 Å². The van der Waals surface area contributed by atoms with Crippen LogP contribution in [0.5, 0.6) is 0 Å². The first-order valence-corrected chi connectivity index (χ1v) is 0.447. The molecule has 0 rings (SSSR count). The summed E-state index contributed by atoms with van der Waals surface area (Å²) in [5, 5.41) is 13.8. The Morgan fingerprint density at radius 2 is 1.75 bits per heavy atom. The van der Waals surface area contributed by atoms with E-state index >= 15 is 0 Å². The van der Waals surface area contributed by atoms with E-state index in [1.165, 1.54) is 0 Å². The van der Waals surface area contributed by atoms with Gasteiger partial charge in [-0.3, -0.25) is 0 Å². The quantitative estimate of drug-likeness (QED) is 0.407. The second kappa shape index (κ2) is 45.3. The van der Waals surface area contributed by atoms with Gasteiger partial charge in [-0.05, 0) is 0 Å². The third-order valence-corrected chi connectivity index (χ3v) is 0. The largest absolute Gasteiger partial charge is 0.443 e. The molecule has 23 valence electrons. The number of nitrogens with zero attached hydrogens (tertiary/aromatic N) is 1. The van der Waals surface area contributed by atoms with Crippen molar-refractivity contribution >= 4 is 0 Å². The Kier molecular flexibility index (Phi) is 117. The van der Waals surface area contributed by atoms with Crippen molar-refractivity contribution in [2.45, 2.75) is 0 Å². The van der Waals surface area contributed by atoms with Gasteiger partial charge < -0.3 is 5.11 Å². The van der Waals surface area contributed by atoms with Gasteiger partial charge in [0.05, 0.1) is 0 Å². The first kappa shape index (κ1) is 10.4. The van der Waals surface area contributed by atoms with Crippen molar-refractivity contribution in [1.82, 2.24) is 0 Å². The molecular weight excluding hydrogens is 54.0 g/mol. The minimum atomic E-state index is 0. The maximum atomic E-state index is 6.88. The van der Waals surface area contributed by atoms with Crippen LogP contribution in [0, 0.1) is 18.9 Å². The highest BCUT2D eigenvalue weighted by Crippen LogP contribution is 1.06. The molecule has 0 spiro atoms. The molecule has 0 aliphatic heterocycles. The van der Waals surface area contributed by atoms with E-state index in [4.69, 9.17) is 10.4 Å². The van der Waals surface area contributed by atoms with Gasteiger partial charge in [0.1, 0.15) is 0 Å². The van der Waals surface area contributed by atoms with Crippen LogP contribution in [0.25, 0.3) is 0 Å². The zero-order chi connectivity index (χ0) is 2.71. The zero-order valence-electron chi connectivity index (χ0n) is 2.39. The van der Waals surface area contributed by atoms with E-state index in [9.17, 15) is 0 Å². The van der Waals surface area contributed by atoms with Crippen LogP contribution in [0.15, 0.2) is 0 Å². The molecule has 0 saturated heterocycles. The molecular formula is C2H4NO. The van der Waals surface area contributed by atoms with Crippen LogP contribution in [0.1, 0.15) is 0 Å². The van der Waals surface area contributed by atoms with Crippen LogP contribution in [-0.2, 0) is 0 Å². The summed E-state index contributed by atoms with van der Waals surface area (Å²) in [7, 11) is 0. The average Bonchev–Trinajstić information content (AvgIpc) is 0.918. The SMILES string of the molecule is N#CO.[CH3]. The van der Waals surface area contributed by atoms with Crippen molar-refractivity contribution in [1.29, 1.82) is 5.26 Å². The van der Waals surface area contributed by atoms with Crippen molar-refractivity contribution < 1.29 is 5.11 Å². The minimum absolute atomic E-state index is 0. The zero-order valence-corrected chi connectivity index (χ0v) is 2.39. The predicted molar refractivity (Wildman–Crippen MR) is 14.0 cm³/mol. The van der Waals surface area contributed by atoms with Gasteiger partial charge in [0, 0.05) is 0 Å². The highest BCUT2D eigenvalue weighted by atomic mass is 16.2. The highest BCUT2D eigenvalue weighted by Gasteiger charge is 1.16. The number of nitriles is 1. The fraction of sp³-hybridized carbons (Fsp3) is 0. The van der Waals surface area contributed by atoms with E-state index in [0.717, 1.165) is 6.26 Å². The molecule has 4 heavy (non-hydrogen) atoms. The number of hydrogen-bond acceptors (Lipinski definition) is 2. The molecule has 2 heteroatoms. The summed E-state index contributed by atoms with van der Waals surface area (Å²) in [6, 6.07) is 0. The fourth-order valence-corrected chi connectivity index (χ4v) is 0. The van der Waals surface area contributed by atoms with Gasteiger partial charge >= 0.3 is 0 Å². The molecule has 2 nitrogen and oxygen atoms in total. The number of hydrogen-bond donors (Lipinski definition) is 1. The molecule has 0 bridgehead atoms. The molecule has 0 amide bonds. The third-order valence-electron chi connectivity index (χ3n) is 0. The van der Waals surface area contributed by atoms with E-state index < -0.39 is 0 Å². The summed E-state index contributed by atoms with van der Waals surface area (Å²) in [4.78, 5) is 0. The lowest BCUT2D eigenvalue weighted by Gasteiger charge is -1.25. The van der Waals surface area contributed by atoms with Crippen LogP contribution >= 0.6 is 0 Å². The van der Waals surface area contributed by atoms with Gasteiger partial charge in [0.2, 0.25) is 0 Å². The van der Waals surface area contributed by atoms with Crippen molar-refractivity contribution in [2.75, 3.05) is 0 Å². The van der Waals surface area contributed by atoms with E-state index in [1.807, 2.05) is 0 Å². The van der Waals surface area contributed by atoms with Gasteiger partial charge in [-0.2, -0.15) is 5.26 Å². The Morgan fingerprint density at radius 3 is 1.75 bits per heavy atom. The first-order chi connectivity index (χ1) is 1.41. The van der Waals surface area contributed by atoms with Crippen LogP contribution in [0.2, 0.25) is 0 Å². The number of aliphatic hydroxyl groups is 1. The molecule has 0 aliphatic rings. The number of aliphatic hydroxyl groups excluding tert-OH is 1. The Morgan fingerprint density at radius 1 is 1.75 bits per heavy atom. The van der Waals surface area contributed by atoms with Gasteiger partial charge in [-0.1, -0.05) is 7.43 Å². The molecule has 1 radical (unpaired) electrons. The summed E-state index contributed by atoms with van der Waals surface area (Å²) in [6.07, 6.45) is 0.750. The van der Waals surface area contributed by atoms with Gasteiger partial charge in [-0.15, -0.1) is 0 Å². The molecule has 0 atom stereocenters. The second-order valence-electron chi connectivity index (χ2n) is 0.100. The normalized spacial score (nSPS) is 1.75. The molecule has 0 aliphatic carbocycles. The Hall–Kier alpha value is -0.710. The minimum Gasteiger partial charge on any atom is -0.443 e. The predicted octanol–water partition coefficient (Wildman–Crippen LogP) is 0.290. The standard InChI is InChI=1S/CHNO.CH3/c2-1-3;/h3H;1H3. The van der Waals surface area contributed by atoms with Crippen LogP contribution in [-0.4, -0.2) is 5.11 Å². The average molecular weight is 58.1 g/mol. The molecule has 0 aromatic carbocycles. The Bertz CT molecular complexity index is 27.5. The van der Waals surface area contributed by atoms with E-state index in [-0.39, 0.29) is 7.43 Å². The van der Waals surface area contributed by atoms with Gasteiger partial charge in [-0.25, -0.2) is 0 Å². The molecule has 0 aromatic heterocycles. The lowest BCUT2D eigenvalue weighted by Crippen LogP contribution is -1.27. The van der Waals surface area contributed by atoms with Crippen LogP contribution in [0.3, 0.4) is 0 Å². The maximum absolute atomic E-state index is 6.88. The van der Waals surface area contributed by atoms with Crippen molar-refractivity contribution in [2.24, 2.45) is 0 Å². The lowest BCUT2D eigenvalue weighted by atomic mass is 11.6. The van der Waals surface area contributed by atoms with E-state index in [0.29, 0.717) is 0 Å². The van der Waals surface area contributed by atoms with E-state index in [1.54, 1.807) is 0 Å². The summed E-state index contributed by atoms with van der Waals surface area (Å²) in [5.74, 6) is 0. The summed E-state index contributed by atoms with van der Waals surface area (Å²) in [6.45, 7) is 0. The van der Waals surface area contributed by atoms with E-state index in [2.05, 4.69) is 0 Å². The van der Waals surface area contributed by atoms with Crippen molar-refractivity contribution in [3.8, 4) is 6.26 Å². The molecule has 0 saturated carbocycles. The summed E-state index contributed by atoms with van der Waals surface area (Å²) < 4.78 is 0. The first-order valence-electron chi connectivity index (χ1n) is 0.447. The van der Waals surface area contributed by atoms with Crippen LogP contribution in [0.4, 0.5) is 0 Å². The molecule has 0 unspecified atom stereocenters. The van der Waals surface area contributed by atoms with Crippen LogP contribution < -0.4 is 0 Å².